The van der Waals surface area contributed by atoms with Crippen LogP contribution in [0.4, 0.5) is 13.2 Å². The number of hydrogen-bond donors (Lipinski definition) is 0. The van der Waals surface area contributed by atoms with E-state index in [-0.39, 0.29) is 8.80 Å². The summed E-state index contributed by atoms with van der Waals surface area (Å²) < 4.78 is 42.0. The van der Waals surface area contributed by atoms with Crippen LogP contribution in [0, 0.1) is 11.8 Å². The first-order chi connectivity index (χ1) is 15.8. The van der Waals surface area contributed by atoms with E-state index in [1.807, 2.05) is 0 Å². The van der Waals surface area contributed by atoms with Gasteiger partial charge in [-0.2, -0.15) is 13.2 Å². The van der Waals surface area contributed by atoms with Crippen LogP contribution in [0.5, 0.6) is 0 Å². The van der Waals surface area contributed by atoms with Gasteiger partial charge in [-0.1, -0.05) is 69.0 Å². The number of ether oxygens (including phenoxy) is 1. The summed E-state index contributed by atoms with van der Waals surface area (Å²) in [6.45, 7) is 2.21. The van der Waals surface area contributed by atoms with Gasteiger partial charge in [0.1, 0.15) is 6.10 Å². The molecule has 0 spiro atoms. The molecule has 2 nitrogen and oxygen atoms in total. The summed E-state index contributed by atoms with van der Waals surface area (Å²) in [4.78, 5) is 11.1. The van der Waals surface area contributed by atoms with Crippen LogP contribution in [0.2, 0.25) is 17.6 Å². The van der Waals surface area contributed by atoms with Gasteiger partial charge in [0.15, 0.2) is 0 Å². The number of benzene rings is 1. The zero-order valence-electron chi connectivity index (χ0n) is 19.8. The molecular weight excluding hydrogens is 441 g/mol. The van der Waals surface area contributed by atoms with Crippen molar-refractivity contribution in [2.45, 2.75) is 113 Å². The largest absolute Gasteiger partial charge is 0.490 e. The molecule has 0 amide bonds. The number of carbonyl (C=O) groups is 1. The maximum absolute atomic E-state index is 12.4. The molecule has 33 heavy (non-hydrogen) atoms. The average Bonchev–Trinajstić information content (AvgIpc) is 2.84. The van der Waals surface area contributed by atoms with Gasteiger partial charge in [-0.25, -0.2) is 4.79 Å². The van der Waals surface area contributed by atoms with Crippen molar-refractivity contribution in [1.82, 2.24) is 0 Å². The lowest BCUT2D eigenvalue weighted by molar-refractivity contribution is -0.206. The average molecular weight is 480 g/mol. The summed E-state index contributed by atoms with van der Waals surface area (Å²) in [7, 11) is -0.254. The van der Waals surface area contributed by atoms with Gasteiger partial charge in [0, 0.05) is 0 Å². The highest BCUT2D eigenvalue weighted by Gasteiger charge is 2.43. The second kappa shape index (κ2) is 11.0. The molecule has 3 aliphatic rings. The van der Waals surface area contributed by atoms with E-state index in [9.17, 15) is 18.0 Å². The fourth-order valence-corrected chi connectivity index (χ4v) is 10.3. The Morgan fingerprint density at radius 1 is 0.879 bits per heavy atom. The highest BCUT2D eigenvalue weighted by atomic mass is 28.3. The van der Waals surface area contributed by atoms with Gasteiger partial charge < -0.3 is 4.74 Å². The van der Waals surface area contributed by atoms with Gasteiger partial charge >= 0.3 is 12.1 Å². The van der Waals surface area contributed by atoms with Gasteiger partial charge in [0.2, 0.25) is 0 Å². The van der Waals surface area contributed by atoms with Crippen molar-refractivity contribution < 1.29 is 22.7 Å². The standard InChI is InChI=1S/C27H38F3O2Si/c1-2-19-3-5-20(6-4-19)23-15-17-33(18-16-23)25-13-9-22(10-14-25)21-7-11-24(12-8-21)32-26(31)27(28,29)30/h3-6,21-25H,2,7-18H2,1H3. The summed E-state index contributed by atoms with van der Waals surface area (Å²) in [5.41, 5.74) is 3.92. The zero-order valence-corrected chi connectivity index (χ0v) is 20.8. The van der Waals surface area contributed by atoms with Gasteiger partial charge in [0.05, 0.1) is 8.80 Å². The molecule has 6 heteroatoms. The molecule has 1 radical (unpaired) electrons. The van der Waals surface area contributed by atoms with Crippen LogP contribution in [-0.4, -0.2) is 27.0 Å². The predicted octanol–water partition coefficient (Wildman–Crippen LogP) is 7.85. The monoisotopic (exact) mass is 479 g/mol. The Labute approximate surface area is 198 Å². The number of esters is 1. The van der Waals surface area contributed by atoms with Gasteiger partial charge in [-0.05, 0) is 79.4 Å². The normalized spacial score (nSPS) is 30.2. The molecule has 1 aliphatic heterocycles. The van der Waals surface area contributed by atoms with Crippen molar-refractivity contribution in [2.24, 2.45) is 11.8 Å². The minimum absolute atomic E-state index is 0.254. The molecule has 0 atom stereocenters. The topological polar surface area (TPSA) is 26.3 Å². The van der Waals surface area contributed by atoms with E-state index in [1.54, 1.807) is 0 Å². The molecule has 2 aliphatic carbocycles. The van der Waals surface area contributed by atoms with Crippen LogP contribution in [0.25, 0.3) is 0 Å². The van der Waals surface area contributed by atoms with Crippen molar-refractivity contribution in [3.8, 4) is 0 Å². The fraction of sp³-hybridized carbons (Fsp3) is 0.741. The summed E-state index contributed by atoms with van der Waals surface area (Å²) in [6.07, 6.45) is 6.68. The molecule has 1 aromatic rings. The van der Waals surface area contributed by atoms with Gasteiger partial charge in [-0.15, -0.1) is 0 Å². The van der Waals surface area contributed by atoms with Crippen molar-refractivity contribution in [3.63, 3.8) is 0 Å². The minimum Gasteiger partial charge on any atom is -0.456 e. The van der Waals surface area contributed by atoms with E-state index >= 15 is 0 Å². The van der Waals surface area contributed by atoms with E-state index in [0.717, 1.165) is 36.6 Å². The molecule has 1 saturated heterocycles. The second-order valence-corrected chi connectivity index (χ2v) is 13.7. The lowest BCUT2D eigenvalue weighted by Crippen LogP contribution is -2.34. The van der Waals surface area contributed by atoms with Crippen molar-refractivity contribution in [2.75, 3.05) is 0 Å². The first kappa shape index (κ1) is 24.8. The minimum atomic E-state index is -4.88. The van der Waals surface area contributed by atoms with E-state index in [1.165, 1.54) is 61.7 Å². The van der Waals surface area contributed by atoms with Crippen LogP contribution in [0.1, 0.15) is 88.2 Å². The molecule has 2 saturated carbocycles. The van der Waals surface area contributed by atoms with Crippen LogP contribution < -0.4 is 0 Å². The van der Waals surface area contributed by atoms with Crippen LogP contribution in [0.15, 0.2) is 24.3 Å². The molecule has 4 rings (SSSR count). The van der Waals surface area contributed by atoms with Crippen molar-refractivity contribution in [1.29, 1.82) is 0 Å². The predicted molar refractivity (Wildman–Crippen MR) is 127 cm³/mol. The number of aryl methyl sites for hydroxylation is 1. The van der Waals surface area contributed by atoms with E-state index in [4.69, 9.17) is 0 Å². The third-order valence-electron chi connectivity index (χ3n) is 8.73. The number of halogens is 3. The highest BCUT2D eigenvalue weighted by Crippen LogP contribution is 2.46. The molecule has 0 aromatic heterocycles. The summed E-state index contributed by atoms with van der Waals surface area (Å²) in [5.74, 6) is 0.0489. The Morgan fingerprint density at radius 3 is 1.94 bits per heavy atom. The van der Waals surface area contributed by atoms with Crippen molar-refractivity contribution >= 4 is 14.8 Å². The molecule has 183 valence electrons. The van der Waals surface area contributed by atoms with Crippen LogP contribution >= 0.6 is 0 Å². The molecule has 1 aromatic carbocycles. The summed E-state index contributed by atoms with van der Waals surface area (Å²) in [6, 6.07) is 12.2. The quantitative estimate of drug-likeness (QED) is 0.317. The highest BCUT2D eigenvalue weighted by molar-refractivity contribution is 6.60. The Balaban J connectivity index is 1.17. The fourth-order valence-electron chi connectivity index (χ4n) is 6.65. The molecule has 0 bridgehead atoms. The molecule has 0 N–H and O–H groups in total. The zero-order chi connectivity index (χ0) is 23.4. The van der Waals surface area contributed by atoms with E-state index in [2.05, 4.69) is 35.9 Å². The number of alkyl halides is 3. The lowest BCUT2D eigenvalue weighted by atomic mass is 9.73. The van der Waals surface area contributed by atoms with E-state index < -0.39 is 18.2 Å². The maximum atomic E-state index is 12.4. The Morgan fingerprint density at radius 2 is 1.42 bits per heavy atom. The van der Waals surface area contributed by atoms with Gasteiger partial charge in [0.25, 0.3) is 0 Å². The summed E-state index contributed by atoms with van der Waals surface area (Å²) in [5, 5.41) is 0. The SMILES string of the molecule is CCc1ccc(C2CC[Si](C3CCC(C4CCC(OC(=O)C(F)(F)F)CC4)CC3)CC2)cc1. The lowest BCUT2D eigenvalue weighted by Gasteiger charge is -2.40. The molecular formula is C27H38F3O2Si. The molecule has 1 heterocycles. The Kier molecular flexibility index (Phi) is 8.24. The van der Waals surface area contributed by atoms with E-state index in [0.29, 0.717) is 18.8 Å². The van der Waals surface area contributed by atoms with Crippen LogP contribution in [0.3, 0.4) is 0 Å². The first-order valence-electron chi connectivity index (χ1n) is 13.0. The first-order valence-corrected chi connectivity index (χ1v) is 15.0. The summed E-state index contributed by atoms with van der Waals surface area (Å²) >= 11 is 0. The Bertz CT molecular complexity index is 755. The number of carbonyl (C=O) groups excluding carboxylic acids is 1. The van der Waals surface area contributed by atoms with Crippen LogP contribution in [-0.2, 0) is 16.0 Å². The molecule has 0 unspecified atom stereocenters. The number of hydrogen-bond acceptors (Lipinski definition) is 2. The molecule has 3 fully saturated rings. The van der Waals surface area contributed by atoms with Crippen molar-refractivity contribution in [3.05, 3.63) is 35.4 Å². The number of rotatable bonds is 5. The third kappa shape index (κ3) is 6.43. The smallest absolute Gasteiger partial charge is 0.456 e. The second-order valence-electron chi connectivity index (χ2n) is 10.6. The third-order valence-corrected chi connectivity index (χ3v) is 12.3. The maximum Gasteiger partial charge on any atom is 0.490 e. The van der Waals surface area contributed by atoms with Gasteiger partial charge in [-0.3, -0.25) is 0 Å². The Hall–Kier alpha value is -1.30.